The summed E-state index contributed by atoms with van der Waals surface area (Å²) in [5, 5.41) is 11.1. The number of halogens is 1. The summed E-state index contributed by atoms with van der Waals surface area (Å²) in [5.74, 6) is 0.640. The average molecular weight is 492 g/mol. The van der Waals surface area contributed by atoms with Crippen LogP contribution in [0, 0.1) is 0 Å². The van der Waals surface area contributed by atoms with Crippen molar-refractivity contribution < 1.29 is 28.5 Å². The van der Waals surface area contributed by atoms with Crippen LogP contribution < -0.4 is 24.3 Å². The molecule has 0 fully saturated rings. The Kier molecular flexibility index (Phi) is 10.6. The molecule has 1 atom stereocenters. The zero-order valence-electron chi connectivity index (χ0n) is 20.0. The average Bonchev–Trinajstić information content (AvgIpc) is 2.79. The van der Waals surface area contributed by atoms with Crippen LogP contribution in [-0.4, -0.2) is 44.2 Å². The molecule has 1 unspecified atom stereocenters. The normalized spacial score (nSPS) is 11.7. The van der Waals surface area contributed by atoms with Crippen LogP contribution in [0.4, 0.5) is 11.4 Å². The maximum atomic E-state index is 12.9. The van der Waals surface area contributed by atoms with Crippen molar-refractivity contribution in [2.24, 2.45) is 10.2 Å². The van der Waals surface area contributed by atoms with E-state index in [4.69, 9.17) is 30.5 Å². The van der Waals surface area contributed by atoms with Crippen LogP contribution in [0.3, 0.4) is 0 Å². The van der Waals surface area contributed by atoms with Gasteiger partial charge in [-0.1, -0.05) is 11.6 Å². The minimum absolute atomic E-state index is 0.306. The number of ketones is 1. The molecule has 9 nitrogen and oxygen atoms in total. The van der Waals surface area contributed by atoms with Crippen molar-refractivity contribution in [3.05, 3.63) is 35.4 Å². The Morgan fingerprint density at radius 3 is 2.06 bits per heavy atom. The van der Waals surface area contributed by atoms with Gasteiger partial charge in [0.2, 0.25) is 6.04 Å². The standard InChI is InChI=1S/C24H30ClN3O6/c1-6-31-19-11-10-16(12-22(19)34-9-4)27-28-23(15(5)29)24(30)26-18-14-20(32-7-2)17(25)13-21(18)33-8-3/h10-14,23H,6-9H2,1-5H3,(H,26,30). The Hall–Kier alpha value is -3.33. The monoisotopic (exact) mass is 491 g/mol. The molecule has 0 aliphatic heterocycles. The van der Waals surface area contributed by atoms with Crippen LogP contribution in [-0.2, 0) is 9.59 Å². The molecule has 0 aromatic heterocycles. The fourth-order valence-corrected chi connectivity index (χ4v) is 3.13. The molecule has 184 valence electrons. The number of Topliss-reactive ketones (excluding diaryl/α,β-unsaturated/α-hetero) is 1. The lowest BCUT2D eigenvalue weighted by Crippen LogP contribution is -2.32. The molecule has 0 saturated carbocycles. The van der Waals surface area contributed by atoms with Crippen molar-refractivity contribution >= 4 is 34.7 Å². The molecule has 0 bridgehead atoms. The number of hydrogen-bond acceptors (Lipinski definition) is 8. The van der Waals surface area contributed by atoms with Gasteiger partial charge in [0.05, 0.1) is 42.8 Å². The van der Waals surface area contributed by atoms with Gasteiger partial charge in [0.15, 0.2) is 17.3 Å². The predicted octanol–water partition coefficient (Wildman–Crippen LogP) is 5.61. The van der Waals surface area contributed by atoms with E-state index in [-0.39, 0.29) is 0 Å². The summed E-state index contributed by atoms with van der Waals surface area (Å²) in [6.07, 6.45) is 0. The molecule has 1 amide bonds. The summed E-state index contributed by atoms with van der Waals surface area (Å²) in [5.41, 5.74) is 0.715. The molecule has 10 heteroatoms. The molecule has 0 aliphatic rings. The number of nitrogens with one attached hydrogen (secondary N) is 1. The molecule has 0 radical (unpaired) electrons. The van der Waals surface area contributed by atoms with E-state index in [0.717, 1.165) is 0 Å². The van der Waals surface area contributed by atoms with Crippen molar-refractivity contribution in [2.75, 3.05) is 31.7 Å². The van der Waals surface area contributed by atoms with E-state index < -0.39 is 17.7 Å². The van der Waals surface area contributed by atoms with E-state index in [0.29, 0.717) is 65.8 Å². The van der Waals surface area contributed by atoms with Crippen LogP contribution in [0.5, 0.6) is 23.0 Å². The zero-order chi connectivity index (χ0) is 25.1. The van der Waals surface area contributed by atoms with Crippen molar-refractivity contribution in [1.82, 2.24) is 0 Å². The number of anilines is 1. The summed E-state index contributed by atoms with van der Waals surface area (Å²) in [6.45, 7) is 10.3. The SMILES string of the molecule is CCOc1cc(NC(=O)C(N=Nc2ccc(OCC)c(OCC)c2)C(C)=O)c(OCC)cc1Cl. The smallest absolute Gasteiger partial charge is 0.258 e. The van der Waals surface area contributed by atoms with Gasteiger partial charge in [-0.15, -0.1) is 0 Å². The molecule has 0 aliphatic carbocycles. The Bertz CT molecular complexity index is 1030. The lowest BCUT2D eigenvalue weighted by Gasteiger charge is -2.16. The van der Waals surface area contributed by atoms with Crippen molar-refractivity contribution in [3.63, 3.8) is 0 Å². The summed E-state index contributed by atoms with van der Waals surface area (Å²) in [6, 6.07) is 6.71. The molecule has 0 saturated heterocycles. The quantitative estimate of drug-likeness (QED) is 0.288. The maximum Gasteiger partial charge on any atom is 0.258 e. The largest absolute Gasteiger partial charge is 0.492 e. The van der Waals surface area contributed by atoms with Gasteiger partial charge < -0.3 is 24.3 Å². The number of amides is 1. The molecule has 2 aromatic rings. The third kappa shape index (κ3) is 7.34. The summed E-state index contributed by atoms with van der Waals surface area (Å²) < 4.78 is 22.2. The van der Waals surface area contributed by atoms with Gasteiger partial charge in [-0.05, 0) is 46.8 Å². The highest BCUT2D eigenvalue weighted by Crippen LogP contribution is 2.37. The predicted molar refractivity (Wildman–Crippen MR) is 130 cm³/mol. The number of carbonyl (C=O) groups excluding carboxylic acids is 2. The summed E-state index contributed by atoms with van der Waals surface area (Å²) in [7, 11) is 0. The van der Waals surface area contributed by atoms with E-state index in [9.17, 15) is 9.59 Å². The fourth-order valence-electron chi connectivity index (χ4n) is 2.92. The Morgan fingerprint density at radius 1 is 0.853 bits per heavy atom. The van der Waals surface area contributed by atoms with Crippen LogP contribution in [0.25, 0.3) is 0 Å². The fraction of sp³-hybridized carbons (Fsp3) is 0.417. The van der Waals surface area contributed by atoms with Gasteiger partial charge in [-0.2, -0.15) is 10.2 Å². The first-order chi connectivity index (χ1) is 16.3. The molecule has 2 rings (SSSR count). The number of ether oxygens (including phenoxy) is 4. The van der Waals surface area contributed by atoms with Crippen LogP contribution >= 0.6 is 11.6 Å². The minimum Gasteiger partial charge on any atom is -0.492 e. The zero-order valence-corrected chi connectivity index (χ0v) is 20.8. The molecular weight excluding hydrogens is 462 g/mol. The van der Waals surface area contributed by atoms with Gasteiger partial charge in [0.1, 0.15) is 11.5 Å². The Labute approximate surface area is 204 Å². The highest BCUT2D eigenvalue weighted by Gasteiger charge is 2.25. The van der Waals surface area contributed by atoms with Crippen LogP contribution in [0.2, 0.25) is 5.02 Å². The second-order valence-corrected chi connectivity index (χ2v) is 7.27. The number of nitrogens with zero attached hydrogens (tertiary/aromatic N) is 2. The first-order valence-electron chi connectivity index (χ1n) is 11.0. The van der Waals surface area contributed by atoms with E-state index in [1.165, 1.54) is 6.92 Å². The lowest BCUT2D eigenvalue weighted by molar-refractivity contribution is -0.126. The molecule has 0 spiro atoms. The van der Waals surface area contributed by atoms with Crippen molar-refractivity contribution in [3.8, 4) is 23.0 Å². The highest BCUT2D eigenvalue weighted by molar-refractivity contribution is 6.32. The first kappa shape index (κ1) is 26.9. The lowest BCUT2D eigenvalue weighted by atomic mass is 10.2. The number of azo groups is 1. The van der Waals surface area contributed by atoms with Gasteiger partial charge in [0.25, 0.3) is 5.91 Å². The molecule has 34 heavy (non-hydrogen) atoms. The van der Waals surface area contributed by atoms with E-state index in [2.05, 4.69) is 15.5 Å². The first-order valence-corrected chi connectivity index (χ1v) is 11.4. The van der Waals surface area contributed by atoms with Gasteiger partial charge in [-0.25, -0.2) is 0 Å². The second kappa shape index (κ2) is 13.4. The van der Waals surface area contributed by atoms with Crippen molar-refractivity contribution in [2.45, 2.75) is 40.7 Å². The van der Waals surface area contributed by atoms with E-state index >= 15 is 0 Å². The van der Waals surface area contributed by atoms with Crippen LogP contribution in [0.15, 0.2) is 40.6 Å². The second-order valence-electron chi connectivity index (χ2n) is 6.86. The summed E-state index contributed by atoms with van der Waals surface area (Å²) in [4.78, 5) is 25.1. The highest BCUT2D eigenvalue weighted by atomic mass is 35.5. The van der Waals surface area contributed by atoms with Crippen molar-refractivity contribution in [1.29, 1.82) is 0 Å². The number of carbonyl (C=O) groups is 2. The topological polar surface area (TPSA) is 108 Å². The van der Waals surface area contributed by atoms with Gasteiger partial charge >= 0.3 is 0 Å². The third-order valence-corrected chi connectivity index (χ3v) is 4.64. The number of benzene rings is 2. The number of hydrogen-bond donors (Lipinski definition) is 1. The third-order valence-electron chi connectivity index (χ3n) is 4.34. The maximum absolute atomic E-state index is 12.9. The molecule has 1 N–H and O–H groups in total. The molecular formula is C24H30ClN3O6. The molecule has 0 heterocycles. The summed E-state index contributed by atoms with van der Waals surface area (Å²) >= 11 is 6.22. The number of rotatable bonds is 13. The van der Waals surface area contributed by atoms with Crippen LogP contribution in [0.1, 0.15) is 34.6 Å². The minimum atomic E-state index is -1.37. The Balaban J connectivity index is 2.30. The van der Waals surface area contributed by atoms with Gasteiger partial charge in [-0.3, -0.25) is 9.59 Å². The van der Waals surface area contributed by atoms with Gasteiger partial charge in [0, 0.05) is 18.2 Å². The molecule has 2 aromatic carbocycles. The van der Waals surface area contributed by atoms with E-state index in [1.807, 2.05) is 20.8 Å². The Morgan fingerprint density at radius 2 is 1.44 bits per heavy atom. The van der Waals surface area contributed by atoms with E-state index in [1.54, 1.807) is 37.3 Å².